The van der Waals surface area contributed by atoms with E-state index in [9.17, 15) is 9.59 Å². The van der Waals surface area contributed by atoms with Gasteiger partial charge in [0, 0.05) is 55.5 Å². The molecule has 1 heterocycles. The SMILES string of the molecule is CNCCNc1ccc(NCCNC)c2c1C(=O)c1ccncc1C2=O.Cl. The van der Waals surface area contributed by atoms with Crippen LogP contribution in [-0.4, -0.2) is 56.8 Å². The van der Waals surface area contributed by atoms with Gasteiger partial charge in [0.05, 0.1) is 16.7 Å². The second-order valence-electron chi connectivity index (χ2n) is 6.05. The number of benzene rings is 1. The summed E-state index contributed by atoms with van der Waals surface area (Å²) in [5.41, 5.74) is 2.95. The Hall–Kier alpha value is -2.48. The minimum absolute atomic E-state index is 0. The Morgan fingerprint density at radius 2 is 1.30 bits per heavy atom. The van der Waals surface area contributed by atoms with Gasteiger partial charge in [0.1, 0.15) is 0 Å². The van der Waals surface area contributed by atoms with E-state index in [-0.39, 0.29) is 24.0 Å². The first-order valence-electron chi connectivity index (χ1n) is 8.66. The van der Waals surface area contributed by atoms with Crippen molar-refractivity contribution in [2.24, 2.45) is 0 Å². The molecule has 7 nitrogen and oxygen atoms in total. The monoisotopic (exact) mass is 389 g/mol. The van der Waals surface area contributed by atoms with Gasteiger partial charge in [0.25, 0.3) is 0 Å². The number of fused-ring (bicyclic) bond motifs is 2. The number of rotatable bonds is 8. The van der Waals surface area contributed by atoms with E-state index in [1.165, 1.54) is 12.4 Å². The molecule has 0 saturated carbocycles. The quantitative estimate of drug-likeness (QED) is 0.434. The second-order valence-corrected chi connectivity index (χ2v) is 6.05. The van der Waals surface area contributed by atoms with E-state index in [1.54, 1.807) is 6.07 Å². The van der Waals surface area contributed by atoms with E-state index in [2.05, 4.69) is 26.3 Å². The molecule has 4 N–H and O–H groups in total. The average Bonchev–Trinajstić information content (AvgIpc) is 2.67. The van der Waals surface area contributed by atoms with Crippen molar-refractivity contribution in [1.82, 2.24) is 15.6 Å². The molecule has 144 valence electrons. The molecular weight excluding hydrogens is 366 g/mol. The lowest BCUT2D eigenvalue weighted by molar-refractivity contribution is 0.0980. The molecule has 27 heavy (non-hydrogen) atoms. The molecule has 0 radical (unpaired) electrons. The van der Waals surface area contributed by atoms with Crippen LogP contribution in [0.5, 0.6) is 0 Å². The number of halogens is 1. The van der Waals surface area contributed by atoms with Crippen LogP contribution in [0.2, 0.25) is 0 Å². The molecule has 1 aromatic heterocycles. The Morgan fingerprint density at radius 1 is 0.778 bits per heavy atom. The summed E-state index contributed by atoms with van der Waals surface area (Å²) in [7, 11) is 3.73. The fourth-order valence-corrected chi connectivity index (χ4v) is 3.06. The molecule has 2 aromatic rings. The summed E-state index contributed by atoms with van der Waals surface area (Å²) < 4.78 is 0. The van der Waals surface area contributed by atoms with Crippen LogP contribution >= 0.6 is 12.4 Å². The van der Waals surface area contributed by atoms with Gasteiger partial charge in [0.2, 0.25) is 0 Å². The van der Waals surface area contributed by atoms with Gasteiger partial charge in [-0.1, -0.05) is 0 Å². The lowest BCUT2D eigenvalue weighted by Crippen LogP contribution is -2.26. The molecule has 8 heteroatoms. The zero-order valence-corrected chi connectivity index (χ0v) is 16.2. The number of nitrogens with one attached hydrogen (secondary N) is 4. The maximum absolute atomic E-state index is 13.1. The topological polar surface area (TPSA) is 95.2 Å². The highest BCUT2D eigenvalue weighted by atomic mass is 35.5. The third kappa shape index (κ3) is 4.10. The third-order valence-electron chi connectivity index (χ3n) is 4.35. The van der Waals surface area contributed by atoms with E-state index in [0.29, 0.717) is 46.7 Å². The molecule has 1 aromatic carbocycles. The molecule has 0 fully saturated rings. The van der Waals surface area contributed by atoms with Crippen molar-refractivity contribution < 1.29 is 9.59 Å². The molecule has 1 aliphatic carbocycles. The van der Waals surface area contributed by atoms with Crippen LogP contribution in [0.3, 0.4) is 0 Å². The first kappa shape index (κ1) is 20.8. The first-order valence-corrected chi connectivity index (χ1v) is 8.66. The number of nitrogens with zero attached hydrogens (tertiary/aromatic N) is 1. The Morgan fingerprint density at radius 3 is 1.81 bits per heavy atom. The van der Waals surface area contributed by atoms with E-state index in [4.69, 9.17) is 0 Å². The maximum Gasteiger partial charge on any atom is 0.198 e. The molecule has 0 bridgehead atoms. The standard InChI is InChI=1S/C19H23N5O2.ClH/c1-20-7-9-23-14-3-4-15(24-10-8-21-2)17-16(14)18(25)12-5-6-22-11-13(12)19(17)26;/h3-6,11,20-21,23-24H,7-10H2,1-2H3;1H. The van der Waals surface area contributed by atoms with Crippen molar-refractivity contribution in [1.29, 1.82) is 0 Å². The van der Waals surface area contributed by atoms with Gasteiger partial charge in [-0.2, -0.15) is 0 Å². The highest BCUT2D eigenvalue weighted by molar-refractivity contribution is 6.31. The van der Waals surface area contributed by atoms with Gasteiger partial charge < -0.3 is 21.3 Å². The molecule has 1 aliphatic rings. The minimum Gasteiger partial charge on any atom is -0.383 e. The largest absolute Gasteiger partial charge is 0.383 e. The third-order valence-corrected chi connectivity index (χ3v) is 4.35. The van der Waals surface area contributed by atoms with E-state index in [0.717, 1.165) is 13.1 Å². The Labute approximate surface area is 164 Å². The van der Waals surface area contributed by atoms with Gasteiger partial charge in [-0.05, 0) is 32.3 Å². The van der Waals surface area contributed by atoms with Gasteiger partial charge in [-0.25, -0.2) is 0 Å². The Kier molecular flexibility index (Phi) is 7.29. The van der Waals surface area contributed by atoms with Gasteiger partial charge in [-0.3, -0.25) is 14.6 Å². The van der Waals surface area contributed by atoms with Crippen molar-refractivity contribution in [3.63, 3.8) is 0 Å². The predicted molar refractivity (Wildman–Crippen MR) is 110 cm³/mol. The fourth-order valence-electron chi connectivity index (χ4n) is 3.06. The number of carbonyl (C=O) groups is 2. The molecule has 0 saturated heterocycles. The molecular formula is C19H24ClN5O2. The van der Waals surface area contributed by atoms with Crippen molar-refractivity contribution in [3.8, 4) is 0 Å². The number of carbonyl (C=O) groups excluding carboxylic acids is 2. The van der Waals surface area contributed by atoms with Crippen LogP contribution in [0.1, 0.15) is 31.8 Å². The molecule has 0 atom stereocenters. The molecule has 0 amide bonds. The number of hydrogen-bond acceptors (Lipinski definition) is 7. The predicted octanol–water partition coefficient (Wildman–Crippen LogP) is 1.54. The average molecular weight is 390 g/mol. The van der Waals surface area contributed by atoms with Crippen LogP contribution in [0, 0.1) is 0 Å². The van der Waals surface area contributed by atoms with Gasteiger partial charge in [-0.15, -0.1) is 12.4 Å². The van der Waals surface area contributed by atoms with Crippen molar-refractivity contribution >= 4 is 35.3 Å². The summed E-state index contributed by atoms with van der Waals surface area (Å²) >= 11 is 0. The molecule has 0 aliphatic heterocycles. The Bertz CT molecular complexity index is 773. The lowest BCUT2D eigenvalue weighted by atomic mass is 9.83. The molecule has 0 unspecified atom stereocenters. The van der Waals surface area contributed by atoms with Crippen LogP contribution in [-0.2, 0) is 0 Å². The highest BCUT2D eigenvalue weighted by Crippen LogP contribution is 2.36. The summed E-state index contributed by atoms with van der Waals surface area (Å²) in [5, 5.41) is 12.6. The van der Waals surface area contributed by atoms with Crippen LogP contribution in [0.25, 0.3) is 0 Å². The summed E-state index contributed by atoms with van der Waals surface area (Å²) in [6.45, 7) is 2.80. The Balaban J connectivity index is 0.00000261. The number of anilines is 2. The normalized spacial score (nSPS) is 12.1. The summed E-state index contributed by atoms with van der Waals surface area (Å²) in [4.78, 5) is 30.2. The number of likely N-dealkylation sites (N-methyl/N-ethyl adjacent to an activating group) is 2. The van der Waals surface area contributed by atoms with Crippen LogP contribution in [0.15, 0.2) is 30.6 Å². The lowest BCUT2D eigenvalue weighted by Gasteiger charge is -2.23. The summed E-state index contributed by atoms with van der Waals surface area (Å²) in [5.74, 6) is -0.326. The first-order chi connectivity index (χ1) is 12.7. The van der Waals surface area contributed by atoms with Crippen molar-refractivity contribution in [2.45, 2.75) is 0 Å². The van der Waals surface area contributed by atoms with Gasteiger partial charge >= 0.3 is 0 Å². The van der Waals surface area contributed by atoms with Crippen LogP contribution in [0.4, 0.5) is 11.4 Å². The smallest absolute Gasteiger partial charge is 0.198 e. The number of ketones is 2. The minimum atomic E-state index is -0.174. The zero-order valence-electron chi connectivity index (χ0n) is 15.4. The molecule has 3 rings (SSSR count). The summed E-state index contributed by atoms with van der Waals surface area (Å²) in [6, 6.07) is 5.31. The number of hydrogen-bond donors (Lipinski definition) is 4. The second kappa shape index (κ2) is 9.45. The van der Waals surface area contributed by atoms with Crippen LogP contribution < -0.4 is 21.3 Å². The zero-order chi connectivity index (χ0) is 18.5. The highest BCUT2D eigenvalue weighted by Gasteiger charge is 2.34. The van der Waals surface area contributed by atoms with Crippen molar-refractivity contribution in [2.75, 3.05) is 50.9 Å². The summed E-state index contributed by atoms with van der Waals surface area (Å²) in [6.07, 6.45) is 3.01. The van der Waals surface area contributed by atoms with Crippen molar-refractivity contribution in [3.05, 3.63) is 52.8 Å². The van der Waals surface area contributed by atoms with E-state index in [1.807, 2.05) is 26.2 Å². The fraction of sp³-hybridized carbons (Fsp3) is 0.316. The van der Waals surface area contributed by atoms with Gasteiger partial charge in [0.15, 0.2) is 11.6 Å². The molecule has 0 spiro atoms. The number of pyridine rings is 1. The number of aromatic nitrogens is 1. The van der Waals surface area contributed by atoms with E-state index >= 15 is 0 Å². The maximum atomic E-state index is 13.1. The van der Waals surface area contributed by atoms with E-state index < -0.39 is 0 Å².